The Morgan fingerprint density at radius 2 is 1.88 bits per heavy atom. The first kappa shape index (κ1) is 18.1. The molecule has 0 bridgehead atoms. The van der Waals surface area contributed by atoms with E-state index in [4.69, 9.17) is 4.74 Å². The molecular formula is C21H21NO3S. The van der Waals surface area contributed by atoms with Crippen molar-refractivity contribution >= 4 is 34.3 Å². The average molecular weight is 367 g/mol. The van der Waals surface area contributed by atoms with Gasteiger partial charge in [-0.05, 0) is 36.8 Å². The predicted molar refractivity (Wildman–Crippen MR) is 106 cm³/mol. The number of amides is 1. The summed E-state index contributed by atoms with van der Waals surface area (Å²) in [5, 5.41) is 3.43. The number of benzene rings is 1. The van der Waals surface area contributed by atoms with E-state index in [1.807, 2.05) is 42.5 Å². The second-order valence-corrected chi connectivity index (χ2v) is 7.13. The number of carbonyl (C=O) groups excluding carboxylic acids is 2. The van der Waals surface area contributed by atoms with Crippen LogP contribution in [0.2, 0.25) is 0 Å². The summed E-state index contributed by atoms with van der Waals surface area (Å²) in [7, 11) is 1.37. The number of aryl methyl sites for hydroxylation is 1. The molecule has 0 unspecified atom stereocenters. The van der Waals surface area contributed by atoms with Crippen LogP contribution in [0, 0.1) is 0 Å². The molecule has 1 heterocycles. The molecule has 1 aliphatic carbocycles. The summed E-state index contributed by atoms with van der Waals surface area (Å²) >= 11 is 1.49. The fourth-order valence-electron chi connectivity index (χ4n) is 3.00. The number of carbonyl (C=O) groups is 2. The number of ether oxygens (including phenoxy) is 1. The van der Waals surface area contributed by atoms with Crippen molar-refractivity contribution in [3.63, 3.8) is 0 Å². The highest BCUT2D eigenvalue weighted by Gasteiger charge is 2.26. The highest BCUT2D eigenvalue weighted by molar-refractivity contribution is 7.17. The van der Waals surface area contributed by atoms with Gasteiger partial charge in [-0.3, -0.25) is 4.79 Å². The third-order valence-electron chi connectivity index (χ3n) is 4.24. The van der Waals surface area contributed by atoms with E-state index < -0.39 is 0 Å². The Labute approximate surface area is 157 Å². The van der Waals surface area contributed by atoms with Gasteiger partial charge in [0.1, 0.15) is 5.00 Å². The van der Waals surface area contributed by atoms with Gasteiger partial charge in [0.15, 0.2) is 0 Å². The first-order valence-corrected chi connectivity index (χ1v) is 9.44. The fraction of sp³-hybridized carbons (Fsp3) is 0.238. The van der Waals surface area contributed by atoms with Crippen molar-refractivity contribution < 1.29 is 14.3 Å². The van der Waals surface area contributed by atoms with E-state index in [1.165, 1.54) is 29.4 Å². The van der Waals surface area contributed by atoms with Gasteiger partial charge in [0.25, 0.3) is 0 Å². The van der Waals surface area contributed by atoms with Crippen molar-refractivity contribution in [2.45, 2.75) is 25.7 Å². The van der Waals surface area contributed by atoms with Gasteiger partial charge >= 0.3 is 5.97 Å². The molecule has 1 aromatic carbocycles. The topological polar surface area (TPSA) is 55.4 Å². The van der Waals surface area contributed by atoms with Crippen molar-refractivity contribution in [2.75, 3.05) is 12.4 Å². The summed E-state index contributed by atoms with van der Waals surface area (Å²) in [6.07, 6.45) is 10.9. The van der Waals surface area contributed by atoms with Crippen LogP contribution in [0.5, 0.6) is 0 Å². The number of anilines is 1. The number of allylic oxidation sites excluding steroid dienone is 2. The SMILES string of the molecule is COC(=O)c1c(NC(=O)C=CC=Cc2ccccc2)sc2c1CCCC2. The summed E-state index contributed by atoms with van der Waals surface area (Å²) in [5.41, 5.74) is 2.63. The van der Waals surface area contributed by atoms with E-state index in [-0.39, 0.29) is 11.9 Å². The van der Waals surface area contributed by atoms with Crippen molar-refractivity contribution in [3.8, 4) is 0 Å². The van der Waals surface area contributed by atoms with E-state index in [1.54, 1.807) is 6.08 Å². The third-order valence-corrected chi connectivity index (χ3v) is 5.45. The molecule has 0 radical (unpaired) electrons. The van der Waals surface area contributed by atoms with Gasteiger partial charge in [-0.15, -0.1) is 11.3 Å². The van der Waals surface area contributed by atoms with Crippen LogP contribution in [0.4, 0.5) is 5.00 Å². The second kappa shape index (κ2) is 8.63. The van der Waals surface area contributed by atoms with Crippen LogP contribution >= 0.6 is 11.3 Å². The van der Waals surface area contributed by atoms with Gasteiger partial charge in [0, 0.05) is 11.0 Å². The average Bonchev–Trinajstić information content (AvgIpc) is 3.03. The summed E-state index contributed by atoms with van der Waals surface area (Å²) < 4.78 is 4.92. The standard InChI is InChI=1S/C21H21NO3S/c1-25-21(24)19-16-12-6-7-13-17(16)26-20(19)22-18(23)14-8-5-11-15-9-3-2-4-10-15/h2-5,8-11,14H,6-7,12-13H2,1H3,(H,22,23). The largest absolute Gasteiger partial charge is 0.465 e. The molecule has 134 valence electrons. The normalized spacial score (nSPS) is 13.7. The maximum absolute atomic E-state index is 12.2. The first-order chi connectivity index (χ1) is 12.7. The minimum absolute atomic E-state index is 0.258. The lowest BCUT2D eigenvalue weighted by Gasteiger charge is -2.11. The molecular weight excluding hydrogens is 346 g/mol. The molecule has 0 fully saturated rings. The number of methoxy groups -OCH3 is 1. The van der Waals surface area contributed by atoms with Gasteiger partial charge in [-0.25, -0.2) is 4.79 Å². The number of hydrogen-bond donors (Lipinski definition) is 1. The van der Waals surface area contributed by atoms with Crippen molar-refractivity contribution in [1.82, 2.24) is 0 Å². The highest BCUT2D eigenvalue weighted by atomic mass is 32.1. The Balaban J connectivity index is 1.71. The van der Waals surface area contributed by atoms with Crippen LogP contribution in [0.3, 0.4) is 0 Å². The number of thiophene rings is 1. The molecule has 1 amide bonds. The monoisotopic (exact) mass is 367 g/mol. The smallest absolute Gasteiger partial charge is 0.341 e. The van der Waals surface area contributed by atoms with Crippen LogP contribution in [0.1, 0.15) is 39.2 Å². The van der Waals surface area contributed by atoms with Crippen molar-refractivity contribution in [3.05, 3.63) is 70.1 Å². The Morgan fingerprint density at radius 3 is 2.65 bits per heavy atom. The molecule has 26 heavy (non-hydrogen) atoms. The third kappa shape index (κ3) is 4.29. The zero-order valence-corrected chi connectivity index (χ0v) is 15.5. The van der Waals surface area contributed by atoms with Gasteiger partial charge in [-0.1, -0.05) is 48.6 Å². The minimum Gasteiger partial charge on any atom is -0.465 e. The Morgan fingerprint density at radius 1 is 1.12 bits per heavy atom. The van der Waals surface area contributed by atoms with E-state index in [9.17, 15) is 9.59 Å². The lowest BCUT2D eigenvalue weighted by molar-refractivity contribution is -0.111. The molecule has 0 atom stereocenters. The van der Waals surface area contributed by atoms with Crippen LogP contribution in [0.25, 0.3) is 6.08 Å². The van der Waals surface area contributed by atoms with Gasteiger partial charge in [-0.2, -0.15) is 0 Å². The number of fused-ring (bicyclic) bond motifs is 1. The van der Waals surface area contributed by atoms with E-state index >= 15 is 0 Å². The maximum atomic E-state index is 12.2. The zero-order chi connectivity index (χ0) is 18.4. The number of nitrogens with one attached hydrogen (secondary N) is 1. The quantitative estimate of drug-likeness (QED) is 0.476. The molecule has 1 aromatic heterocycles. The highest BCUT2D eigenvalue weighted by Crippen LogP contribution is 2.38. The van der Waals surface area contributed by atoms with Crippen LogP contribution in [-0.2, 0) is 22.4 Å². The zero-order valence-electron chi connectivity index (χ0n) is 14.7. The van der Waals surface area contributed by atoms with Crippen LogP contribution in [0.15, 0.2) is 48.6 Å². The van der Waals surface area contributed by atoms with Gasteiger partial charge < -0.3 is 10.1 Å². The summed E-state index contributed by atoms with van der Waals surface area (Å²) in [6, 6.07) is 9.86. The summed E-state index contributed by atoms with van der Waals surface area (Å²) in [4.78, 5) is 25.6. The summed E-state index contributed by atoms with van der Waals surface area (Å²) in [6.45, 7) is 0. The minimum atomic E-state index is -0.382. The van der Waals surface area contributed by atoms with Crippen LogP contribution < -0.4 is 5.32 Å². The molecule has 1 N–H and O–H groups in total. The van der Waals surface area contributed by atoms with Gasteiger partial charge in [0.2, 0.25) is 5.91 Å². The van der Waals surface area contributed by atoms with E-state index in [0.29, 0.717) is 10.6 Å². The molecule has 0 saturated heterocycles. The number of esters is 1. The molecule has 0 aliphatic heterocycles. The first-order valence-electron chi connectivity index (χ1n) is 8.62. The lowest BCUT2D eigenvalue weighted by Crippen LogP contribution is -2.13. The molecule has 1 aliphatic rings. The molecule has 0 spiro atoms. The maximum Gasteiger partial charge on any atom is 0.341 e. The van der Waals surface area contributed by atoms with E-state index in [2.05, 4.69) is 5.32 Å². The second-order valence-electron chi connectivity index (χ2n) is 6.02. The Kier molecular flexibility index (Phi) is 6.02. The van der Waals surface area contributed by atoms with Crippen LogP contribution in [-0.4, -0.2) is 19.0 Å². The molecule has 3 rings (SSSR count). The van der Waals surface area contributed by atoms with Crippen molar-refractivity contribution in [1.29, 1.82) is 0 Å². The fourth-order valence-corrected chi connectivity index (χ4v) is 4.28. The molecule has 2 aromatic rings. The number of hydrogen-bond acceptors (Lipinski definition) is 4. The Bertz CT molecular complexity index is 850. The molecule has 5 heteroatoms. The van der Waals surface area contributed by atoms with Crippen molar-refractivity contribution in [2.24, 2.45) is 0 Å². The molecule has 0 saturated carbocycles. The lowest BCUT2D eigenvalue weighted by atomic mass is 9.95. The summed E-state index contributed by atoms with van der Waals surface area (Å²) in [5.74, 6) is -0.640. The van der Waals surface area contributed by atoms with E-state index in [0.717, 1.165) is 36.8 Å². The Hall–Kier alpha value is -2.66. The molecule has 4 nitrogen and oxygen atoms in total. The predicted octanol–water partition coefficient (Wildman–Crippen LogP) is 4.62. The number of rotatable bonds is 5. The van der Waals surface area contributed by atoms with Gasteiger partial charge in [0.05, 0.1) is 12.7 Å².